The third-order valence-corrected chi connectivity index (χ3v) is 3.96. The lowest BCUT2D eigenvalue weighted by molar-refractivity contribution is 0.0930. The number of halogens is 1. The standard InChI is InChI=1S/C16H16ClNO2/c1-10-14(8-9-20-10)16(19)18-15(11-2-3-11)12-4-6-13(17)7-5-12/h4-9,11,15H,2-3H2,1H3,(H,18,19). The average Bonchev–Trinajstić information content (AvgIpc) is 3.18. The molecule has 1 aromatic carbocycles. The fraction of sp³-hybridized carbons (Fsp3) is 0.312. The second-order valence-corrected chi connectivity index (χ2v) is 5.67. The minimum atomic E-state index is -0.0805. The smallest absolute Gasteiger partial charge is 0.255 e. The number of hydrogen-bond donors (Lipinski definition) is 1. The monoisotopic (exact) mass is 289 g/mol. The number of furan rings is 1. The van der Waals surface area contributed by atoms with Crippen LogP contribution in [0.3, 0.4) is 0 Å². The minimum absolute atomic E-state index is 0.0501. The van der Waals surface area contributed by atoms with Crippen LogP contribution in [0.2, 0.25) is 5.02 Å². The van der Waals surface area contributed by atoms with Crippen LogP contribution in [0.1, 0.15) is 40.6 Å². The maximum atomic E-state index is 12.3. The van der Waals surface area contributed by atoms with Gasteiger partial charge in [0.05, 0.1) is 17.9 Å². The third kappa shape index (κ3) is 2.73. The summed E-state index contributed by atoms with van der Waals surface area (Å²) >= 11 is 5.92. The highest BCUT2D eigenvalue weighted by atomic mass is 35.5. The van der Waals surface area contributed by atoms with Crippen molar-refractivity contribution in [1.82, 2.24) is 5.32 Å². The summed E-state index contributed by atoms with van der Waals surface area (Å²) in [5, 5.41) is 3.82. The van der Waals surface area contributed by atoms with Crippen molar-refractivity contribution in [2.45, 2.75) is 25.8 Å². The van der Waals surface area contributed by atoms with Gasteiger partial charge >= 0.3 is 0 Å². The Kier molecular flexibility index (Phi) is 3.53. The summed E-state index contributed by atoms with van der Waals surface area (Å²) in [6.07, 6.45) is 3.84. The summed E-state index contributed by atoms with van der Waals surface area (Å²) in [6.45, 7) is 1.79. The molecule has 20 heavy (non-hydrogen) atoms. The lowest BCUT2D eigenvalue weighted by Crippen LogP contribution is -2.30. The number of nitrogens with one attached hydrogen (secondary N) is 1. The molecular formula is C16H16ClNO2. The van der Waals surface area contributed by atoms with E-state index in [2.05, 4.69) is 5.32 Å². The SMILES string of the molecule is Cc1occc1C(=O)NC(c1ccc(Cl)cc1)C1CC1. The largest absolute Gasteiger partial charge is 0.469 e. The van der Waals surface area contributed by atoms with E-state index in [1.54, 1.807) is 19.3 Å². The van der Waals surface area contributed by atoms with Gasteiger partial charge in [-0.25, -0.2) is 0 Å². The van der Waals surface area contributed by atoms with E-state index in [0.29, 0.717) is 22.3 Å². The molecule has 1 saturated carbocycles. The molecule has 0 bridgehead atoms. The van der Waals surface area contributed by atoms with E-state index in [0.717, 1.165) is 18.4 Å². The van der Waals surface area contributed by atoms with Gasteiger partial charge in [0.2, 0.25) is 0 Å². The fourth-order valence-corrected chi connectivity index (χ4v) is 2.54. The number of carbonyl (C=O) groups is 1. The van der Waals surface area contributed by atoms with Gasteiger partial charge in [0, 0.05) is 5.02 Å². The van der Waals surface area contributed by atoms with E-state index in [1.165, 1.54) is 0 Å². The molecule has 1 amide bonds. The zero-order chi connectivity index (χ0) is 14.1. The van der Waals surface area contributed by atoms with Crippen LogP contribution in [-0.4, -0.2) is 5.91 Å². The van der Waals surface area contributed by atoms with Crippen molar-refractivity contribution in [2.75, 3.05) is 0 Å². The van der Waals surface area contributed by atoms with E-state index in [4.69, 9.17) is 16.0 Å². The van der Waals surface area contributed by atoms with Gasteiger partial charge in [0.1, 0.15) is 5.76 Å². The maximum absolute atomic E-state index is 12.3. The molecule has 3 rings (SSSR count). The Hall–Kier alpha value is -1.74. The van der Waals surface area contributed by atoms with Crippen molar-refractivity contribution in [1.29, 1.82) is 0 Å². The van der Waals surface area contributed by atoms with Crippen LogP contribution in [0, 0.1) is 12.8 Å². The fourth-order valence-electron chi connectivity index (χ4n) is 2.41. The van der Waals surface area contributed by atoms with Gasteiger partial charge < -0.3 is 9.73 Å². The molecule has 1 aromatic heterocycles. The highest BCUT2D eigenvalue weighted by Crippen LogP contribution is 2.41. The van der Waals surface area contributed by atoms with Crippen LogP contribution in [0.15, 0.2) is 41.0 Å². The van der Waals surface area contributed by atoms with E-state index in [1.807, 2.05) is 24.3 Å². The lowest BCUT2D eigenvalue weighted by Gasteiger charge is -2.18. The molecule has 0 aliphatic heterocycles. The second kappa shape index (κ2) is 5.33. The zero-order valence-electron chi connectivity index (χ0n) is 11.2. The molecule has 2 aromatic rings. The molecule has 4 heteroatoms. The van der Waals surface area contributed by atoms with Crippen LogP contribution in [-0.2, 0) is 0 Å². The van der Waals surface area contributed by atoms with Crippen LogP contribution in [0.25, 0.3) is 0 Å². The summed E-state index contributed by atoms with van der Waals surface area (Å²) < 4.78 is 5.19. The summed E-state index contributed by atoms with van der Waals surface area (Å²) in [4.78, 5) is 12.3. The van der Waals surface area contributed by atoms with E-state index in [-0.39, 0.29) is 11.9 Å². The van der Waals surface area contributed by atoms with Crippen LogP contribution in [0.4, 0.5) is 0 Å². The quantitative estimate of drug-likeness (QED) is 0.920. The van der Waals surface area contributed by atoms with Gasteiger partial charge in [-0.15, -0.1) is 0 Å². The Balaban J connectivity index is 1.80. The number of benzene rings is 1. The Labute approximate surface area is 122 Å². The van der Waals surface area contributed by atoms with Gasteiger partial charge in [-0.3, -0.25) is 4.79 Å². The normalized spacial score (nSPS) is 15.9. The number of hydrogen-bond acceptors (Lipinski definition) is 2. The van der Waals surface area contributed by atoms with Crippen molar-refractivity contribution in [2.24, 2.45) is 5.92 Å². The zero-order valence-corrected chi connectivity index (χ0v) is 12.0. The molecular weight excluding hydrogens is 274 g/mol. The first-order chi connectivity index (χ1) is 9.65. The predicted molar refractivity (Wildman–Crippen MR) is 77.8 cm³/mol. The maximum Gasteiger partial charge on any atom is 0.255 e. The molecule has 1 unspecified atom stereocenters. The van der Waals surface area contributed by atoms with Gasteiger partial charge in [-0.1, -0.05) is 23.7 Å². The number of carbonyl (C=O) groups excluding carboxylic acids is 1. The number of aryl methyl sites for hydroxylation is 1. The molecule has 1 N–H and O–H groups in total. The van der Waals surface area contributed by atoms with Crippen molar-refractivity contribution >= 4 is 17.5 Å². The molecule has 1 aliphatic rings. The molecule has 1 heterocycles. The third-order valence-electron chi connectivity index (χ3n) is 3.71. The Morgan fingerprint density at radius 3 is 2.55 bits per heavy atom. The topological polar surface area (TPSA) is 42.2 Å². The van der Waals surface area contributed by atoms with Crippen molar-refractivity contribution in [3.05, 3.63) is 58.5 Å². The van der Waals surface area contributed by atoms with Crippen molar-refractivity contribution < 1.29 is 9.21 Å². The highest BCUT2D eigenvalue weighted by molar-refractivity contribution is 6.30. The molecule has 1 atom stereocenters. The summed E-state index contributed by atoms with van der Waals surface area (Å²) in [5.74, 6) is 1.09. The first-order valence-corrected chi connectivity index (χ1v) is 7.13. The second-order valence-electron chi connectivity index (χ2n) is 5.23. The van der Waals surface area contributed by atoms with Gasteiger partial charge in [-0.05, 0) is 49.4 Å². The van der Waals surface area contributed by atoms with Crippen LogP contribution in [0.5, 0.6) is 0 Å². The van der Waals surface area contributed by atoms with Gasteiger partial charge in [0.25, 0.3) is 5.91 Å². The first kappa shape index (κ1) is 13.3. The van der Waals surface area contributed by atoms with E-state index in [9.17, 15) is 4.79 Å². The summed E-state index contributed by atoms with van der Waals surface area (Å²) in [6, 6.07) is 9.44. The molecule has 104 valence electrons. The van der Waals surface area contributed by atoms with Crippen LogP contribution < -0.4 is 5.32 Å². The minimum Gasteiger partial charge on any atom is -0.469 e. The van der Waals surface area contributed by atoms with Gasteiger partial charge in [0.15, 0.2) is 0 Å². The average molecular weight is 290 g/mol. The summed E-state index contributed by atoms with van der Waals surface area (Å²) in [5.41, 5.74) is 1.70. The molecule has 1 aliphatic carbocycles. The molecule has 0 saturated heterocycles. The summed E-state index contributed by atoms with van der Waals surface area (Å²) in [7, 11) is 0. The van der Waals surface area contributed by atoms with Crippen molar-refractivity contribution in [3.8, 4) is 0 Å². The molecule has 0 radical (unpaired) electrons. The Morgan fingerprint density at radius 1 is 1.30 bits per heavy atom. The number of amides is 1. The molecule has 0 spiro atoms. The highest BCUT2D eigenvalue weighted by Gasteiger charge is 2.33. The van der Waals surface area contributed by atoms with E-state index < -0.39 is 0 Å². The van der Waals surface area contributed by atoms with Gasteiger partial charge in [-0.2, -0.15) is 0 Å². The Bertz CT molecular complexity index is 614. The Morgan fingerprint density at radius 2 is 2.00 bits per heavy atom. The number of rotatable bonds is 4. The lowest BCUT2D eigenvalue weighted by atomic mass is 10.0. The molecule has 1 fully saturated rings. The predicted octanol–water partition coefficient (Wildman–Crippen LogP) is 4.12. The van der Waals surface area contributed by atoms with E-state index >= 15 is 0 Å². The van der Waals surface area contributed by atoms with Crippen LogP contribution >= 0.6 is 11.6 Å². The first-order valence-electron chi connectivity index (χ1n) is 6.75. The molecule has 3 nitrogen and oxygen atoms in total. The van der Waals surface area contributed by atoms with Crippen molar-refractivity contribution in [3.63, 3.8) is 0 Å².